The number of benzene rings is 3. The lowest BCUT2D eigenvalue weighted by Gasteiger charge is -2.14. The minimum absolute atomic E-state index is 0.134. The van der Waals surface area contributed by atoms with Gasteiger partial charge in [-0.3, -0.25) is 4.79 Å². The molecule has 1 aliphatic heterocycles. The molecule has 0 bridgehead atoms. The Bertz CT molecular complexity index is 1290. The van der Waals surface area contributed by atoms with Crippen LogP contribution in [0.25, 0.3) is 6.08 Å². The quantitative estimate of drug-likeness (QED) is 0.334. The van der Waals surface area contributed by atoms with Gasteiger partial charge in [0.15, 0.2) is 16.7 Å². The van der Waals surface area contributed by atoms with Gasteiger partial charge in [0.1, 0.15) is 12.4 Å². The van der Waals surface area contributed by atoms with Crippen LogP contribution in [0.5, 0.6) is 11.5 Å². The van der Waals surface area contributed by atoms with Crippen LogP contribution in [0.1, 0.15) is 30.5 Å². The molecule has 0 radical (unpaired) electrons. The zero-order valence-corrected chi connectivity index (χ0v) is 20.9. The number of carbonyl (C=O) groups is 1. The van der Waals surface area contributed by atoms with Crippen LogP contribution in [0.3, 0.4) is 0 Å². The number of aliphatic imine (C=N–C) groups is 1. The molecular formula is C27H24ClFN2O3S. The molecule has 0 aromatic heterocycles. The largest absolute Gasteiger partial charge is 0.490 e. The van der Waals surface area contributed by atoms with Gasteiger partial charge in [0.05, 0.1) is 22.2 Å². The fourth-order valence-electron chi connectivity index (χ4n) is 3.41. The number of hydrogen-bond donors (Lipinski definition) is 1. The van der Waals surface area contributed by atoms with Crippen molar-refractivity contribution in [2.24, 2.45) is 4.99 Å². The molecule has 0 aliphatic carbocycles. The number of thioether (sulfide) groups is 1. The molecule has 5 nitrogen and oxygen atoms in total. The summed E-state index contributed by atoms with van der Waals surface area (Å²) in [7, 11) is 0. The predicted molar refractivity (Wildman–Crippen MR) is 140 cm³/mol. The third kappa shape index (κ3) is 6.44. The van der Waals surface area contributed by atoms with Crippen LogP contribution in [0.15, 0.2) is 70.6 Å². The number of halogens is 2. The summed E-state index contributed by atoms with van der Waals surface area (Å²) in [6.45, 7) is 4.48. The first-order valence-corrected chi connectivity index (χ1v) is 12.4. The van der Waals surface area contributed by atoms with E-state index in [0.717, 1.165) is 12.1 Å². The first-order chi connectivity index (χ1) is 16.9. The van der Waals surface area contributed by atoms with Crippen LogP contribution in [-0.4, -0.2) is 17.7 Å². The highest BCUT2D eigenvalue weighted by molar-refractivity contribution is 8.18. The molecule has 1 N–H and O–H groups in total. The molecule has 0 unspecified atom stereocenters. The van der Waals surface area contributed by atoms with Crippen molar-refractivity contribution in [3.8, 4) is 11.5 Å². The van der Waals surface area contributed by atoms with E-state index < -0.39 is 0 Å². The summed E-state index contributed by atoms with van der Waals surface area (Å²) in [5.74, 6) is 0.231. The molecule has 0 saturated carbocycles. The van der Waals surface area contributed by atoms with Crippen molar-refractivity contribution < 1.29 is 18.7 Å². The molecule has 3 aromatic rings. The van der Waals surface area contributed by atoms with Crippen LogP contribution in [-0.2, 0) is 17.8 Å². The molecule has 8 heteroatoms. The standard InChI is InChI=1S/C27H24ClFN2O3S/c1-3-17-8-10-21(11-9-17)30-27-31-26(32)24(35-27)15-19-13-22(28)25(23(14-19)33-4-2)34-16-18-6-5-7-20(29)12-18/h5-15H,3-4,16H2,1-2H3,(H,30,31,32)/b24-15-. The summed E-state index contributed by atoms with van der Waals surface area (Å²) in [4.78, 5) is 17.5. The van der Waals surface area contributed by atoms with Crippen molar-refractivity contribution in [3.63, 3.8) is 0 Å². The number of nitrogens with zero attached hydrogens (tertiary/aromatic N) is 1. The van der Waals surface area contributed by atoms with Gasteiger partial charge in [0.2, 0.25) is 0 Å². The molecule has 0 atom stereocenters. The highest BCUT2D eigenvalue weighted by Crippen LogP contribution is 2.39. The van der Waals surface area contributed by atoms with E-state index in [1.807, 2.05) is 31.2 Å². The van der Waals surface area contributed by atoms with E-state index in [1.165, 1.54) is 29.5 Å². The van der Waals surface area contributed by atoms with Gasteiger partial charge >= 0.3 is 0 Å². The van der Waals surface area contributed by atoms with Gasteiger partial charge < -0.3 is 14.8 Å². The van der Waals surface area contributed by atoms with Crippen molar-refractivity contribution >= 4 is 46.2 Å². The molecule has 1 heterocycles. The Balaban J connectivity index is 1.54. The predicted octanol–water partition coefficient (Wildman–Crippen LogP) is 6.91. The highest BCUT2D eigenvalue weighted by atomic mass is 35.5. The zero-order valence-electron chi connectivity index (χ0n) is 19.3. The van der Waals surface area contributed by atoms with Crippen LogP contribution in [0, 0.1) is 5.82 Å². The van der Waals surface area contributed by atoms with Crippen LogP contribution in [0.2, 0.25) is 5.02 Å². The van der Waals surface area contributed by atoms with E-state index in [1.54, 1.807) is 30.3 Å². The summed E-state index contributed by atoms with van der Waals surface area (Å²) >= 11 is 7.77. The SMILES string of the molecule is CCOc1cc(/C=C2\SC(=Nc3ccc(CC)cc3)NC2=O)cc(Cl)c1OCc1cccc(F)c1. The second-order valence-electron chi connectivity index (χ2n) is 7.68. The van der Waals surface area contributed by atoms with Crippen molar-refractivity contribution in [2.45, 2.75) is 26.9 Å². The van der Waals surface area contributed by atoms with Crippen LogP contribution >= 0.6 is 23.4 Å². The molecule has 4 rings (SSSR count). The monoisotopic (exact) mass is 510 g/mol. The van der Waals surface area contributed by atoms with E-state index >= 15 is 0 Å². The minimum atomic E-state index is -0.336. The van der Waals surface area contributed by atoms with E-state index in [9.17, 15) is 9.18 Å². The number of amides is 1. The number of ether oxygens (including phenoxy) is 2. The van der Waals surface area contributed by atoms with Gasteiger partial charge in [-0.2, -0.15) is 0 Å². The Hall–Kier alpha value is -3.29. The first-order valence-electron chi connectivity index (χ1n) is 11.2. The van der Waals surface area contributed by atoms with Crippen molar-refractivity contribution in [1.29, 1.82) is 0 Å². The second-order valence-corrected chi connectivity index (χ2v) is 9.12. The first kappa shape index (κ1) is 24.8. The van der Waals surface area contributed by atoms with E-state index in [0.29, 0.717) is 44.3 Å². The smallest absolute Gasteiger partial charge is 0.264 e. The third-order valence-electron chi connectivity index (χ3n) is 5.13. The Morgan fingerprint density at radius 3 is 2.57 bits per heavy atom. The molecular weight excluding hydrogens is 487 g/mol. The maximum Gasteiger partial charge on any atom is 0.264 e. The number of amidine groups is 1. The number of nitrogens with one attached hydrogen (secondary N) is 1. The van der Waals surface area contributed by atoms with Crippen molar-refractivity contribution in [1.82, 2.24) is 5.32 Å². The molecule has 1 saturated heterocycles. The number of aryl methyl sites for hydroxylation is 1. The molecule has 0 spiro atoms. The summed E-state index contributed by atoms with van der Waals surface area (Å²) in [6, 6.07) is 17.5. The fourth-order valence-corrected chi connectivity index (χ4v) is 4.53. The summed E-state index contributed by atoms with van der Waals surface area (Å²) in [5, 5.41) is 3.63. The zero-order chi connectivity index (χ0) is 24.8. The van der Waals surface area contributed by atoms with Gasteiger partial charge in [-0.25, -0.2) is 9.38 Å². The molecule has 1 fully saturated rings. The van der Waals surface area contributed by atoms with Crippen molar-refractivity contribution in [2.75, 3.05) is 6.61 Å². The average Bonchev–Trinajstić information content (AvgIpc) is 3.17. The van der Waals surface area contributed by atoms with Gasteiger partial charge in [-0.05, 0) is 84.3 Å². The van der Waals surface area contributed by atoms with Gasteiger partial charge in [0, 0.05) is 0 Å². The Morgan fingerprint density at radius 2 is 1.86 bits per heavy atom. The maximum atomic E-state index is 13.5. The Kier molecular flexibility index (Phi) is 8.10. The lowest BCUT2D eigenvalue weighted by atomic mass is 10.1. The normalized spacial score (nSPS) is 15.5. The number of rotatable bonds is 8. The lowest BCUT2D eigenvalue weighted by molar-refractivity contribution is -0.115. The van der Waals surface area contributed by atoms with E-state index in [-0.39, 0.29) is 18.3 Å². The fraction of sp³-hybridized carbons (Fsp3) is 0.185. The highest BCUT2D eigenvalue weighted by Gasteiger charge is 2.24. The topological polar surface area (TPSA) is 59.9 Å². The summed E-state index contributed by atoms with van der Waals surface area (Å²) in [5.41, 5.74) is 3.35. The maximum absolute atomic E-state index is 13.5. The van der Waals surface area contributed by atoms with Crippen LogP contribution < -0.4 is 14.8 Å². The molecule has 180 valence electrons. The Labute approximate surface area is 213 Å². The summed E-state index contributed by atoms with van der Waals surface area (Å²) in [6.07, 6.45) is 2.68. The second kappa shape index (κ2) is 11.4. The average molecular weight is 511 g/mol. The van der Waals surface area contributed by atoms with E-state index in [4.69, 9.17) is 21.1 Å². The molecule has 1 amide bonds. The van der Waals surface area contributed by atoms with Crippen LogP contribution in [0.4, 0.5) is 10.1 Å². The summed E-state index contributed by atoms with van der Waals surface area (Å²) < 4.78 is 25.1. The van der Waals surface area contributed by atoms with Crippen molar-refractivity contribution in [3.05, 3.63) is 93.1 Å². The van der Waals surface area contributed by atoms with Gasteiger partial charge in [0.25, 0.3) is 5.91 Å². The van der Waals surface area contributed by atoms with E-state index in [2.05, 4.69) is 17.2 Å². The minimum Gasteiger partial charge on any atom is -0.490 e. The number of carbonyl (C=O) groups excluding carboxylic acids is 1. The molecule has 1 aliphatic rings. The third-order valence-corrected chi connectivity index (χ3v) is 6.32. The van der Waals surface area contributed by atoms with Gasteiger partial charge in [-0.15, -0.1) is 0 Å². The molecule has 3 aromatic carbocycles. The van der Waals surface area contributed by atoms with Gasteiger partial charge in [-0.1, -0.05) is 42.8 Å². The number of hydrogen-bond acceptors (Lipinski definition) is 5. The Morgan fingerprint density at radius 1 is 1.06 bits per heavy atom. The molecule has 35 heavy (non-hydrogen) atoms. The lowest BCUT2D eigenvalue weighted by Crippen LogP contribution is -2.19.